The van der Waals surface area contributed by atoms with Crippen LogP contribution in [0.5, 0.6) is 0 Å². The van der Waals surface area contributed by atoms with E-state index in [-0.39, 0.29) is 24.5 Å². The van der Waals surface area contributed by atoms with E-state index in [1.54, 1.807) is 25.1 Å². The Morgan fingerprint density at radius 2 is 2.00 bits per heavy atom. The van der Waals surface area contributed by atoms with Gasteiger partial charge in [-0.1, -0.05) is 29.8 Å². The van der Waals surface area contributed by atoms with Crippen LogP contribution in [0.3, 0.4) is 0 Å². The molecule has 2 heterocycles. The summed E-state index contributed by atoms with van der Waals surface area (Å²) in [5.74, 6) is -1.23. The summed E-state index contributed by atoms with van der Waals surface area (Å²) in [5.41, 5.74) is -0.517. The maximum absolute atomic E-state index is 13.1. The Balaban J connectivity index is 1.83. The number of piperazine rings is 1. The van der Waals surface area contributed by atoms with E-state index in [0.29, 0.717) is 5.69 Å². The third-order valence-corrected chi connectivity index (χ3v) is 5.06. The van der Waals surface area contributed by atoms with E-state index < -0.39 is 34.5 Å². The molecule has 0 radical (unpaired) electrons. The predicted octanol–water partition coefficient (Wildman–Crippen LogP) is 3.79. The van der Waals surface area contributed by atoms with Crippen LogP contribution < -0.4 is 0 Å². The largest absolute Gasteiger partial charge is 0.417 e. The van der Waals surface area contributed by atoms with Gasteiger partial charge in [0.15, 0.2) is 11.7 Å². The SMILES string of the molecule is CC1CN(C(=N)c2ccccn2)C(=N)C(=O)N1Cc1cccc(C(F)(F)F)c1Cl. The number of halogens is 4. The van der Waals surface area contributed by atoms with E-state index in [4.69, 9.17) is 22.4 Å². The molecule has 1 aromatic carbocycles. The van der Waals surface area contributed by atoms with E-state index in [1.165, 1.54) is 28.1 Å². The quantitative estimate of drug-likeness (QED) is 0.582. The zero-order valence-corrected chi connectivity index (χ0v) is 16.1. The van der Waals surface area contributed by atoms with Crippen LogP contribution in [0.25, 0.3) is 0 Å². The van der Waals surface area contributed by atoms with Crippen molar-refractivity contribution in [1.29, 1.82) is 10.8 Å². The van der Waals surface area contributed by atoms with Crippen molar-refractivity contribution in [3.05, 3.63) is 64.4 Å². The molecule has 1 aliphatic heterocycles. The van der Waals surface area contributed by atoms with Gasteiger partial charge in [0.25, 0.3) is 5.91 Å². The number of benzene rings is 1. The molecule has 152 valence electrons. The second-order valence-corrected chi connectivity index (χ2v) is 6.96. The zero-order chi connectivity index (χ0) is 21.3. The van der Waals surface area contributed by atoms with Gasteiger partial charge in [-0.25, -0.2) is 0 Å². The number of carbonyl (C=O) groups is 1. The fourth-order valence-electron chi connectivity index (χ4n) is 3.08. The van der Waals surface area contributed by atoms with Crippen LogP contribution in [0.1, 0.15) is 23.7 Å². The van der Waals surface area contributed by atoms with Crippen LogP contribution in [-0.4, -0.2) is 44.9 Å². The van der Waals surface area contributed by atoms with Gasteiger partial charge in [-0.2, -0.15) is 13.2 Å². The van der Waals surface area contributed by atoms with Gasteiger partial charge in [0.1, 0.15) is 5.69 Å². The molecule has 3 rings (SSSR count). The fraction of sp³-hybridized carbons (Fsp3) is 0.263. The van der Waals surface area contributed by atoms with Crippen LogP contribution >= 0.6 is 11.6 Å². The van der Waals surface area contributed by atoms with Crippen molar-refractivity contribution >= 4 is 29.2 Å². The minimum Gasteiger partial charge on any atom is -0.327 e. The Morgan fingerprint density at radius 1 is 1.28 bits per heavy atom. The number of alkyl halides is 3. The lowest BCUT2D eigenvalue weighted by atomic mass is 10.1. The highest BCUT2D eigenvalue weighted by molar-refractivity contribution is 6.40. The Labute approximate surface area is 169 Å². The van der Waals surface area contributed by atoms with Gasteiger partial charge in [0.05, 0.1) is 10.6 Å². The summed E-state index contributed by atoms with van der Waals surface area (Å²) in [4.78, 5) is 19.3. The predicted molar refractivity (Wildman–Crippen MR) is 102 cm³/mol. The van der Waals surface area contributed by atoms with Gasteiger partial charge in [0, 0.05) is 25.3 Å². The molecule has 2 aromatic rings. The molecule has 6 nitrogen and oxygen atoms in total. The number of hydrogen-bond donors (Lipinski definition) is 2. The molecule has 1 unspecified atom stereocenters. The Bertz CT molecular complexity index is 964. The molecule has 29 heavy (non-hydrogen) atoms. The number of carbonyl (C=O) groups excluding carboxylic acids is 1. The van der Waals surface area contributed by atoms with Gasteiger partial charge in [0.2, 0.25) is 0 Å². The highest BCUT2D eigenvalue weighted by Gasteiger charge is 2.38. The fourth-order valence-corrected chi connectivity index (χ4v) is 3.37. The van der Waals surface area contributed by atoms with Gasteiger partial charge in [-0.3, -0.25) is 20.6 Å². The molecule has 2 N–H and O–H groups in total. The van der Waals surface area contributed by atoms with Crippen molar-refractivity contribution in [2.24, 2.45) is 0 Å². The average molecular weight is 424 g/mol. The monoisotopic (exact) mass is 423 g/mol. The second-order valence-electron chi connectivity index (χ2n) is 6.58. The van der Waals surface area contributed by atoms with Crippen LogP contribution in [0.4, 0.5) is 13.2 Å². The van der Waals surface area contributed by atoms with Gasteiger partial charge >= 0.3 is 6.18 Å². The second kappa shape index (κ2) is 7.82. The van der Waals surface area contributed by atoms with Crippen LogP contribution in [0.2, 0.25) is 5.02 Å². The van der Waals surface area contributed by atoms with Gasteiger partial charge in [-0.15, -0.1) is 0 Å². The maximum atomic E-state index is 13.1. The van der Waals surface area contributed by atoms with Crippen molar-refractivity contribution in [2.75, 3.05) is 6.54 Å². The van der Waals surface area contributed by atoms with E-state index >= 15 is 0 Å². The number of amidine groups is 2. The highest BCUT2D eigenvalue weighted by atomic mass is 35.5. The summed E-state index contributed by atoms with van der Waals surface area (Å²) in [5, 5.41) is 16.0. The standard InChI is InChI=1S/C19H17ClF3N5O/c1-11-9-28(16(24)14-7-2-3-8-26-14)17(25)18(29)27(11)10-12-5-4-6-13(15(12)20)19(21,22)23/h2-8,11,24-25H,9-10H2,1H3. The summed E-state index contributed by atoms with van der Waals surface area (Å²) < 4.78 is 39.3. The van der Waals surface area contributed by atoms with Crippen molar-refractivity contribution in [3.8, 4) is 0 Å². The first-order valence-electron chi connectivity index (χ1n) is 8.63. The molecule has 0 bridgehead atoms. The van der Waals surface area contributed by atoms with E-state index in [9.17, 15) is 18.0 Å². The Kier molecular flexibility index (Phi) is 5.61. The molecular weight excluding hydrogens is 407 g/mol. The van der Waals surface area contributed by atoms with Crippen LogP contribution in [0, 0.1) is 10.8 Å². The molecule has 1 aliphatic rings. The Morgan fingerprint density at radius 3 is 2.62 bits per heavy atom. The molecule has 1 aromatic heterocycles. The number of aromatic nitrogens is 1. The van der Waals surface area contributed by atoms with Crippen molar-refractivity contribution < 1.29 is 18.0 Å². The van der Waals surface area contributed by atoms with Gasteiger partial charge < -0.3 is 9.80 Å². The summed E-state index contributed by atoms with van der Waals surface area (Å²) in [6, 6.07) is 8.04. The summed E-state index contributed by atoms with van der Waals surface area (Å²) >= 11 is 5.94. The lowest BCUT2D eigenvalue weighted by molar-refractivity contribution is -0.137. The third kappa shape index (κ3) is 4.09. The summed E-state index contributed by atoms with van der Waals surface area (Å²) in [6.07, 6.45) is -3.10. The van der Waals surface area contributed by atoms with Crippen molar-refractivity contribution in [3.63, 3.8) is 0 Å². The number of pyridine rings is 1. The number of nitrogens with one attached hydrogen (secondary N) is 2. The summed E-state index contributed by atoms with van der Waals surface area (Å²) in [6.45, 7) is 1.66. The lowest BCUT2D eigenvalue weighted by Gasteiger charge is -2.40. The summed E-state index contributed by atoms with van der Waals surface area (Å²) in [7, 11) is 0. The molecule has 1 atom stereocenters. The molecule has 0 saturated carbocycles. The van der Waals surface area contributed by atoms with Crippen molar-refractivity contribution in [2.45, 2.75) is 25.7 Å². The number of nitrogens with zero attached hydrogens (tertiary/aromatic N) is 3. The number of rotatable bonds is 3. The van der Waals surface area contributed by atoms with Crippen LogP contribution in [0.15, 0.2) is 42.6 Å². The molecule has 1 fully saturated rings. The van der Waals surface area contributed by atoms with Gasteiger partial charge in [-0.05, 0) is 30.7 Å². The number of hydrogen-bond acceptors (Lipinski definition) is 4. The average Bonchev–Trinajstić information content (AvgIpc) is 2.68. The molecule has 10 heteroatoms. The minimum absolute atomic E-state index is 0.0902. The molecule has 1 amide bonds. The molecule has 0 aliphatic carbocycles. The van der Waals surface area contributed by atoms with E-state index in [2.05, 4.69) is 4.98 Å². The molecule has 1 saturated heterocycles. The normalized spacial score (nSPS) is 17.6. The van der Waals surface area contributed by atoms with E-state index in [0.717, 1.165) is 6.07 Å². The number of amides is 1. The van der Waals surface area contributed by atoms with Crippen molar-refractivity contribution in [1.82, 2.24) is 14.8 Å². The van der Waals surface area contributed by atoms with E-state index in [1.807, 2.05) is 0 Å². The topological polar surface area (TPSA) is 84.1 Å². The first kappa shape index (κ1) is 20.8. The smallest absolute Gasteiger partial charge is 0.327 e. The Hall–Kier alpha value is -2.94. The zero-order valence-electron chi connectivity index (χ0n) is 15.3. The highest BCUT2D eigenvalue weighted by Crippen LogP contribution is 2.36. The lowest BCUT2D eigenvalue weighted by Crippen LogP contribution is -2.59. The third-order valence-electron chi connectivity index (χ3n) is 4.61. The molecular formula is C19H17ClF3N5O. The maximum Gasteiger partial charge on any atom is 0.417 e. The molecule has 0 spiro atoms. The first-order valence-corrected chi connectivity index (χ1v) is 9.00. The van der Waals surface area contributed by atoms with Crippen LogP contribution in [-0.2, 0) is 17.5 Å². The minimum atomic E-state index is -4.61. The first-order chi connectivity index (χ1) is 13.6.